The van der Waals surface area contributed by atoms with Gasteiger partial charge in [0.1, 0.15) is 5.01 Å². The van der Waals surface area contributed by atoms with Crippen molar-refractivity contribution in [2.75, 3.05) is 13.6 Å². The third kappa shape index (κ3) is 6.08. The van der Waals surface area contributed by atoms with Gasteiger partial charge < -0.3 is 10.6 Å². The molecule has 1 amide bonds. The highest BCUT2D eigenvalue weighted by atomic mass is 35.5. The van der Waals surface area contributed by atoms with Crippen molar-refractivity contribution in [2.45, 2.75) is 33.2 Å². The molecule has 1 rings (SSSR count). The van der Waals surface area contributed by atoms with Crippen molar-refractivity contribution in [3.8, 4) is 0 Å². The van der Waals surface area contributed by atoms with Gasteiger partial charge in [-0.15, -0.1) is 36.2 Å². The van der Waals surface area contributed by atoms with E-state index in [4.69, 9.17) is 0 Å². The quantitative estimate of drug-likeness (QED) is 0.873. The van der Waals surface area contributed by atoms with E-state index in [0.29, 0.717) is 6.54 Å². The maximum Gasteiger partial charge on any atom is 0.224 e. The molecule has 7 heteroatoms. The van der Waals surface area contributed by atoms with Crippen molar-refractivity contribution >= 4 is 42.1 Å². The summed E-state index contributed by atoms with van der Waals surface area (Å²) in [5.41, 5.74) is 0.591. The fourth-order valence-corrected chi connectivity index (χ4v) is 2.40. The van der Waals surface area contributed by atoms with Crippen LogP contribution < -0.4 is 10.6 Å². The van der Waals surface area contributed by atoms with Crippen LogP contribution in [0, 0.1) is 12.8 Å². The van der Waals surface area contributed by atoms with E-state index in [1.54, 1.807) is 11.3 Å². The second-order valence-corrected chi connectivity index (χ2v) is 5.73. The van der Waals surface area contributed by atoms with E-state index in [2.05, 4.69) is 15.6 Å². The number of carbonyl (C=O) groups is 1. The van der Waals surface area contributed by atoms with Gasteiger partial charge in [0.25, 0.3) is 0 Å². The number of halogens is 2. The average molecular weight is 328 g/mol. The first kappa shape index (κ1) is 20.9. The zero-order valence-corrected chi connectivity index (χ0v) is 14.4. The molecule has 1 heterocycles. The van der Waals surface area contributed by atoms with E-state index < -0.39 is 5.54 Å². The van der Waals surface area contributed by atoms with Crippen molar-refractivity contribution in [1.82, 2.24) is 15.6 Å². The van der Waals surface area contributed by atoms with Gasteiger partial charge in [0.15, 0.2) is 0 Å². The van der Waals surface area contributed by atoms with Crippen molar-refractivity contribution < 1.29 is 4.79 Å². The topological polar surface area (TPSA) is 54.0 Å². The molecule has 0 aliphatic carbocycles. The van der Waals surface area contributed by atoms with E-state index in [1.165, 1.54) is 0 Å². The molecule has 2 N–H and O–H groups in total. The maximum absolute atomic E-state index is 12.0. The average Bonchev–Trinajstić information content (AvgIpc) is 2.65. The number of rotatable bonds is 5. The summed E-state index contributed by atoms with van der Waals surface area (Å²) in [4.78, 5) is 16.4. The van der Waals surface area contributed by atoms with Crippen LogP contribution in [0.5, 0.6) is 0 Å². The number of hydrogen-bond acceptors (Lipinski definition) is 4. The monoisotopic (exact) mass is 327 g/mol. The zero-order chi connectivity index (χ0) is 13.1. The molecule has 1 atom stereocenters. The molecule has 4 nitrogen and oxygen atoms in total. The van der Waals surface area contributed by atoms with E-state index in [0.717, 1.165) is 10.7 Å². The predicted molar refractivity (Wildman–Crippen MR) is 85.6 cm³/mol. The second kappa shape index (κ2) is 8.74. The van der Waals surface area contributed by atoms with Gasteiger partial charge in [0.05, 0.1) is 5.54 Å². The predicted octanol–water partition coefficient (Wildman–Crippen LogP) is 2.50. The Hall–Kier alpha value is -0.360. The number of thiazole rings is 1. The molecule has 19 heavy (non-hydrogen) atoms. The van der Waals surface area contributed by atoms with Crippen LogP contribution in [0.25, 0.3) is 0 Å². The minimum absolute atomic E-state index is 0. The summed E-state index contributed by atoms with van der Waals surface area (Å²) >= 11 is 1.58. The smallest absolute Gasteiger partial charge is 0.224 e. The highest BCUT2D eigenvalue weighted by molar-refractivity contribution is 7.09. The summed E-state index contributed by atoms with van der Waals surface area (Å²) in [7, 11) is 1.85. The van der Waals surface area contributed by atoms with E-state index in [1.807, 2.05) is 40.1 Å². The summed E-state index contributed by atoms with van der Waals surface area (Å²) in [6, 6.07) is 0. The second-order valence-electron chi connectivity index (χ2n) is 4.87. The van der Waals surface area contributed by atoms with Crippen LogP contribution in [-0.2, 0) is 10.3 Å². The molecule has 0 aliphatic heterocycles. The summed E-state index contributed by atoms with van der Waals surface area (Å²) in [5, 5.41) is 8.99. The number of aryl methyl sites for hydroxylation is 1. The van der Waals surface area contributed by atoms with Crippen molar-refractivity contribution in [3.05, 3.63) is 16.1 Å². The highest BCUT2D eigenvalue weighted by Crippen LogP contribution is 2.24. The number of amides is 1. The minimum Gasteiger partial charge on any atom is -0.344 e. The van der Waals surface area contributed by atoms with E-state index >= 15 is 0 Å². The standard InChI is InChI=1S/C12H21N3OS.2ClH/c1-8(6-13-5)10(16)15-12(3,4)11-14-9(2)7-17-11;;/h7-8,13H,6H2,1-5H3,(H,15,16);2*1H. The van der Waals surface area contributed by atoms with Gasteiger partial charge in [-0.2, -0.15) is 0 Å². The Morgan fingerprint density at radius 1 is 1.47 bits per heavy atom. The Bertz CT molecular complexity index is 396. The Balaban J connectivity index is 0. The number of nitrogens with one attached hydrogen (secondary N) is 2. The largest absolute Gasteiger partial charge is 0.344 e. The molecular weight excluding hydrogens is 305 g/mol. The van der Waals surface area contributed by atoms with Crippen molar-refractivity contribution in [2.24, 2.45) is 5.92 Å². The van der Waals surface area contributed by atoms with Gasteiger partial charge in [-0.3, -0.25) is 4.79 Å². The minimum atomic E-state index is -0.405. The third-order valence-electron chi connectivity index (χ3n) is 2.55. The van der Waals surface area contributed by atoms with Gasteiger partial charge in [-0.25, -0.2) is 4.98 Å². The molecule has 112 valence electrons. The fourth-order valence-electron chi connectivity index (χ4n) is 1.52. The molecule has 0 spiro atoms. The zero-order valence-electron chi connectivity index (χ0n) is 11.9. The Morgan fingerprint density at radius 3 is 2.47 bits per heavy atom. The van der Waals surface area contributed by atoms with Gasteiger partial charge >= 0.3 is 0 Å². The Kier molecular flexibility index (Phi) is 9.64. The van der Waals surface area contributed by atoms with Crippen LogP contribution >= 0.6 is 36.2 Å². The summed E-state index contributed by atoms with van der Waals surface area (Å²) in [5.74, 6) is 0.0116. The highest BCUT2D eigenvalue weighted by Gasteiger charge is 2.27. The summed E-state index contributed by atoms with van der Waals surface area (Å²) < 4.78 is 0. The maximum atomic E-state index is 12.0. The Morgan fingerprint density at radius 2 is 2.05 bits per heavy atom. The SMILES string of the molecule is CNCC(C)C(=O)NC(C)(C)c1nc(C)cs1.Cl.Cl. The summed E-state index contributed by atoms with van der Waals surface area (Å²) in [6.45, 7) is 8.51. The first-order valence-corrected chi connectivity index (χ1v) is 6.64. The number of nitrogens with zero attached hydrogens (tertiary/aromatic N) is 1. The first-order valence-electron chi connectivity index (χ1n) is 5.76. The lowest BCUT2D eigenvalue weighted by atomic mass is 10.0. The lowest BCUT2D eigenvalue weighted by Gasteiger charge is -2.25. The van der Waals surface area contributed by atoms with Crippen LogP contribution in [0.1, 0.15) is 31.5 Å². The molecule has 1 aromatic rings. The van der Waals surface area contributed by atoms with Crippen LogP contribution in [0.4, 0.5) is 0 Å². The normalized spacial score (nSPS) is 12.1. The molecule has 1 aromatic heterocycles. The lowest BCUT2D eigenvalue weighted by molar-refractivity contribution is -0.126. The third-order valence-corrected chi connectivity index (χ3v) is 3.83. The van der Waals surface area contributed by atoms with Crippen molar-refractivity contribution in [1.29, 1.82) is 0 Å². The molecule has 0 aliphatic rings. The molecule has 0 fully saturated rings. The summed E-state index contributed by atoms with van der Waals surface area (Å²) in [6.07, 6.45) is 0. The van der Waals surface area contributed by atoms with Gasteiger partial charge in [-0.05, 0) is 27.8 Å². The fraction of sp³-hybridized carbons (Fsp3) is 0.667. The lowest BCUT2D eigenvalue weighted by Crippen LogP contribution is -2.45. The number of carbonyl (C=O) groups excluding carboxylic acids is 1. The molecule has 0 radical (unpaired) electrons. The molecule has 0 saturated carbocycles. The Labute approximate surface area is 131 Å². The number of hydrogen-bond donors (Lipinski definition) is 2. The van der Waals surface area contributed by atoms with E-state index in [9.17, 15) is 4.79 Å². The van der Waals surface area contributed by atoms with Crippen LogP contribution in [-0.4, -0.2) is 24.5 Å². The van der Waals surface area contributed by atoms with Gasteiger partial charge in [0, 0.05) is 23.5 Å². The molecular formula is C12H23Cl2N3OS. The van der Waals surface area contributed by atoms with Crippen LogP contribution in [0.3, 0.4) is 0 Å². The van der Waals surface area contributed by atoms with E-state index in [-0.39, 0.29) is 36.6 Å². The van der Waals surface area contributed by atoms with Crippen LogP contribution in [0.15, 0.2) is 5.38 Å². The van der Waals surface area contributed by atoms with Crippen LogP contribution in [0.2, 0.25) is 0 Å². The molecule has 0 bridgehead atoms. The van der Waals surface area contributed by atoms with Crippen molar-refractivity contribution in [3.63, 3.8) is 0 Å². The molecule has 0 aromatic carbocycles. The van der Waals surface area contributed by atoms with Gasteiger partial charge in [-0.1, -0.05) is 6.92 Å². The first-order chi connectivity index (χ1) is 7.86. The number of aromatic nitrogens is 1. The molecule has 1 unspecified atom stereocenters. The molecule has 0 saturated heterocycles. The van der Waals surface area contributed by atoms with Gasteiger partial charge in [0.2, 0.25) is 5.91 Å².